The molecule has 2 atom stereocenters. The van der Waals surface area contributed by atoms with Gasteiger partial charge in [-0.25, -0.2) is 4.39 Å². The van der Waals surface area contributed by atoms with Crippen molar-refractivity contribution in [3.05, 3.63) is 93.9 Å². The summed E-state index contributed by atoms with van der Waals surface area (Å²) in [7, 11) is 1.60. The van der Waals surface area contributed by atoms with Crippen molar-refractivity contribution in [3.8, 4) is 11.5 Å². The van der Waals surface area contributed by atoms with E-state index in [-0.39, 0.29) is 48.0 Å². The maximum absolute atomic E-state index is 14.7. The van der Waals surface area contributed by atoms with Crippen LogP contribution in [0.1, 0.15) is 42.1 Å². The third-order valence-electron chi connectivity index (χ3n) is 8.12. The van der Waals surface area contributed by atoms with Crippen LogP contribution in [0.4, 0.5) is 4.39 Å². The van der Waals surface area contributed by atoms with Crippen molar-refractivity contribution in [1.82, 2.24) is 14.8 Å². The van der Waals surface area contributed by atoms with Crippen LogP contribution < -0.4 is 9.47 Å². The summed E-state index contributed by atoms with van der Waals surface area (Å²) in [4.78, 5) is 34.7. The van der Waals surface area contributed by atoms with Crippen molar-refractivity contribution in [2.45, 2.75) is 31.8 Å². The minimum Gasteiger partial charge on any atom is -0.493 e. The Hall–Kier alpha value is -4.04. The molecule has 2 unspecified atom stereocenters. The number of carbonyl (C=O) groups is 2. The molecule has 0 bridgehead atoms. The number of aromatic amines is 1. The van der Waals surface area contributed by atoms with Crippen LogP contribution in [-0.2, 0) is 21.7 Å². The number of hydrogen-bond donors (Lipinski definition) is 1. The lowest BCUT2D eigenvalue weighted by atomic mass is 9.76. The summed E-state index contributed by atoms with van der Waals surface area (Å²) in [5, 5.41) is 1.17. The molecule has 0 spiro atoms. The molecule has 0 radical (unpaired) electrons. The second-order valence-corrected chi connectivity index (χ2v) is 10.7. The number of benzene rings is 3. The van der Waals surface area contributed by atoms with E-state index < -0.39 is 11.4 Å². The predicted molar refractivity (Wildman–Crippen MR) is 150 cm³/mol. The molecule has 9 heteroatoms. The summed E-state index contributed by atoms with van der Waals surface area (Å²) in [6, 6.07) is 18.0. The molecule has 1 N–H and O–H groups in total. The second kappa shape index (κ2) is 9.86. The third kappa shape index (κ3) is 3.84. The largest absolute Gasteiger partial charge is 0.493 e. The lowest BCUT2D eigenvalue weighted by Gasteiger charge is -2.51. The number of fused-ring (bicyclic) bond motifs is 5. The molecular weight excluding hydrogens is 533 g/mol. The normalized spacial score (nSPS) is 20.5. The molecule has 40 heavy (non-hydrogen) atoms. The summed E-state index contributed by atoms with van der Waals surface area (Å²) in [6.45, 7) is 4.09. The number of ether oxygens (including phenoxy) is 2. The van der Waals surface area contributed by atoms with Crippen molar-refractivity contribution in [2.75, 3.05) is 26.8 Å². The predicted octanol–water partition coefficient (Wildman–Crippen LogP) is 5.60. The third-order valence-corrected chi connectivity index (χ3v) is 8.48. The molecule has 0 saturated carbocycles. The van der Waals surface area contributed by atoms with Crippen LogP contribution >= 0.6 is 11.6 Å². The van der Waals surface area contributed by atoms with Gasteiger partial charge in [-0.05, 0) is 43.7 Å². The van der Waals surface area contributed by atoms with E-state index in [1.54, 1.807) is 25.0 Å². The van der Waals surface area contributed by atoms with E-state index in [0.717, 1.165) is 22.0 Å². The number of para-hydroxylation sites is 2. The number of rotatable bonds is 6. The van der Waals surface area contributed by atoms with Crippen LogP contribution in [0.25, 0.3) is 10.9 Å². The fourth-order valence-corrected chi connectivity index (χ4v) is 6.45. The van der Waals surface area contributed by atoms with Crippen molar-refractivity contribution in [2.24, 2.45) is 0 Å². The van der Waals surface area contributed by atoms with Gasteiger partial charge >= 0.3 is 0 Å². The smallest absolute Gasteiger partial charge is 0.255 e. The second-order valence-electron chi connectivity index (χ2n) is 10.3. The number of nitrogens with zero attached hydrogens (tertiary/aromatic N) is 2. The molecule has 1 saturated heterocycles. The van der Waals surface area contributed by atoms with Gasteiger partial charge in [-0.1, -0.05) is 48.0 Å². The summed E-state index contributed by atoms with van der Waals surface area (Å²) < 4.78 is 26.4. The maximum Gasteiger partial charge on any atom is 0.255 e. The average molecular weight is 562 g/mol. The topological polar surface area (TPSA) is 74.9 Å². The highest BCUT2D eigenvalue weighted by Crippen LogP contribution is 2.50. The fraction of sp³-hybridized carbons (Fsp3) is 0.290. The van der Waals surface area contributed by atoms with Crippen molar-refractivity contribution < 1.29 is 23.5 Å². The van der Waals surface area contributed by atoms with E-state index in [2.05, 4.69) is 4.98 Å². The Bertz CT molecular complexity index is 1630. The van der Waals surface area contributed by atoms with E-state index >= 15 is 0 Å². The summed E-state index contributed by atoms with van der Waals surface area (Å²) in [5.41, 5.74) is 2.15. The molecule has 206 valence electrons. The maximum atomic E-state index is 14.7. The van der Waals surface area contributed by atoms with Gasteiger partial charge in [0.25, 0.3) is 5.91 Å². The molecule has 4 aromatic rings. The fourth-order valence-electron chi connectivity index (χ4n) is 6.23. The Morgan fingerprint density at radius 2 is 1.88 bits per heavy atom. The lowest BCUT2D eigenvalue weighted by molar-refractivity contribution is -0.167. The van der Waals surface area contributed by atoms with Crippen molar-refractivity contribution in [1.29, 1.82) is 0 Å². The highest BCUT2D eigenvalue weighted by Gasteiger charge is 2.56. The van der Waals surface area contributed by atoms with Gasteiger partial charge in [0.15, 0.2) is 17.0 Å². The number of methoxy groups -OCH3 is 1. The van der Waals surface area contributed by atoms with Crippen molar-refractivity contribution >= 4 is 34.3 Å². The first-order chi connectivity index (χ1) is 19.3. The van der Waals surface area contributed by atoms with Crippen LogP contribution in [0.15, 0.2) is 60.7 Å². The van der Waals surface area contributed by atoms with Crippen molar-refractivity contribution in [3.63, 3.8) is 0 Å². The standard InChI is InChI=1S/C31H29ClFN3O4/c1-4-40-28-18(10-7-14-25(28)39-3)20-16-36-26(37)17-35(15-21-22(32)11-8-12-23(21)33)30(38)31(36,2)29-27(20)19-9-5-6-13-24(19)34-29/h5-14,20,34H,4,15-17H2,1-3H3. The molecule has 3 heterocycles. The number of piperazine rings is 1. The van der Waals surface area contributed by atoms with Crippen LogP contribution in [0.5, 0.6) is 11.5 Å². The number of hydrogen-bond acceptors (Lipinski definition) is 4. The minimum absolute atomic E-state index is 0.108. The van der Waals surface area contributed by atoms with Gasteiger partial charge in [-0.3, -0.25) is 9.59 Å². The van der Waals surface area contributed by atoms with E-state index in [1.807, 2.05) is 49.4 Å². The SMILES string of the molecule is CCOc1c(OC)cccc1C1CN2C(=O)CN(Cc3c(F)cccc3Cl)C(=O)C2(C)c2[nH]c3ccccc3c21. The Labute approximate surface area is 236 Å². The monoisotopic (exact) mass is 561 g/mol. The molecule has 7 nitrogen and oxygen atoms in total. The molecule has 6 rings (SSSR count). The highest BCUT2D eigenvalue weighted by atomic mass is 35.5. The highest BCUT2D eigenvalue weighted by molar-refractivity contribution is 6.31. The number of aromatic nitrogens is 1. The van der Waals surface area contributed by atoms with Crippen LogP contribution in [0.2, 0.25) is 5.02 Å². The first-order valence-corrected chi connectivity index (χ1v) is 13.6. The van der Waals surface area contributed by atoms with Gasteiger partial charge in [0.2, 0.25) is 5.91 Å². The first kappa shape index (κ1) is 26.2. The number of halogens is 2. The number of nitrogens with one attached hydrogen (secondary N) is 1. The molecule has 0 aliphatic carbocycles. The van der Waals surface area contributed by atoms with Crippen LogP contribution in [0, 0.1) is 5.82 Å². The van der Waals surface area contributed by atoms with E-state index in [4.69, 9.17) is 21.1 Å². The van der Waals surface area contributed by atoms with Gasteiger partial charge in [0.05, 0.1) is 26.0 Å². The number of carbonyl (C=O) groups excluding carboxylic acids is 2. The quantitative estimate of drug-likeness (QED) is 0.332. The zero-order chi connectivity index (χ0) is 28.2. The van der Waals surface area contributed by atoms with Gasteiger partial charge < -0.3 is 24.3 Å². The number of H-pyrrole nitrogens is 1. The Kier molecular flexibility index (Phi) is 6.45. The molecule has 1 aromatic heterocycles. The van der Waals surface area contributed by atoms with E-state index in [9.17, 15) is 14.0 Å². The molecule has 3 aromatic carbocycles. The van der Waals surface area contributed by atoms with Gasteiger partial charge in [0, 0.05) is 39.5 Å². The minimum atomic E-state index is -1.33. The first-order valence-electron chi connectivity index (χ1n) is 13.2. The van der Waals surface area contributed by atoms with Gasteiger partial charge in [-0.15, -0.1) is 0 Å². The Morgan fingerprint density at radius 1 is 1.10 bits per heavy atom. The Morgan fingerprint density at radius 3 is 2.62 bits per heavy atom. The molecule has 2 amide bonds. The summed E-state index contributed by atoms with van der Waals surface area (Å²) in [6.07, 6.45) is 0. The molecule has 1 fully saturated rings. The molecular formula is C31H29ClFN3O4. The zero-order valence-corrected chi connectivity index (χ0v) is 23.2. The molecule has 2 aliphatic rings. The Balaban J connectivity index is 1.53. The van der Waals surface area contributed by atoms with Gasteiger partial charge in [-0.2, -0.15) is 0 Å². The summed E-state index contributed by atoms with van der Waals surface area (Å²) >= 11 is 6.29. The molecule has 2 aliphatic heterocycles. The van der Waals surface area contributed by atoms with Crippen LogP contribution in [0.3, 0.4) is 0 Å². The van der Waals surface area contributed by atoms with Crippen LogP contribution in [-0.4, -0.2) is 53.4 Å². The zero-order valence-electron chi connectivity index (χ0n) is 22.5. The van der Waals surface area contributed by atoms with E-state index in [1.165, 1.54) is 17.0 Å². The number of amides is 2. The lowest BCUT2D eigenvalue weighted by Crippen LogP contribution is -2.67. The van der Waals surface area contributed by atoms with E-state index in [0.29, 0.717) is 23.8 Å². The average Bonchev–Trinajstić information content (AvgIpc) is 3.35. The van der Waals surface area contributed by atoms with Gasteiger partial charge in [0.1, 0.15) is 12.4 Å². The summed E-state index contributed by atoms with van der Waals surface area (Å²) in [5.74, 6) is -0.123.